The fourth-order valence-corrected chi connectivity index (χ4v) is 8.99. The fraction of sp³-hybridized carbons (Fsp3) is 0. The van der Waals surface area contributed by atoms with Crippen LogP contribution in [0.2, 0.25) is 0 Å². The number of aromatic nitrogens is 3. The second-order valence-electron chi connectivity index (χ2n) is 13.2. The summed E-state index contributed by atoms with van der Waals surface area (Å²) >= 11 is 1.79. The Bertz CT molecular complexity index is 3170. The zero-order chi connectivity index (χ0) is 34.2. The molecular formula is C47H29N3OS. The van der Waals surface area contributed by atoms with Gasteiger partial charge in [0.25, 0.3) is 0 Å². The molecule has 0 aliphatic rings. The molecule has 7 aromatic carbocycles. The molecule has 0 aliphatic carbocycles. The summed E-state index contributed by atoms with van der Waals surface area (Å²) < 4.78 is 13.9. The Hall–Kier alpha value is -6.69. The fourth-order valence-electron chi connectivity index (χ4n) is 7.94. The summed E-state index contributed by atoms with van der Waals surface area (Å²) in [7, 11) is 0. The van der Waals surface area contributed by atoms with E-state index in [0.717, 1.165) is 44.7 Å². The molecule has 0 saturated carbocycles. The Balaban J connectivity index is 1.01. The van der Waals surface area contributed by atoms with Gasteiger partial charge in [-0.3, -0.25) is 4.98 Å². The van der Waals surface area contributed by atoms with Crippen molar-refractivity contribution in [3.63, 3.8) is 0 Å². The minimum absolute atomic E-state index is 0.806. The average Bonchev–Trinajstić information content (AvgIpc) is 3.85. The zero-order valence-corrected chi connectivity index (χ0v) is 28.7. The summed E-state index contributed by atoms with van der Waals surface area (Å²) in [5.74, 6) is 1.61. The summed E-state index contributed by atoms with van der Waals surface area (Å²) in [6, 6.07) is 58.4. The van der Waals surface area contributed by atoms with E-state index >= 15 is 0 Å². The van der Waals surface area contributed by atoms with Gasteiger partial charge in [-0.05, 0) is 96.1 Å². The van der Waals surface area contributed by atoms with Crippen molar-refractivity contribution in [3.05, 3.63) is 176 Å². The van der Waals surface area contributed by atoms with E-state index in [-0.39, 0.29) is 0 Å². The molecule has 52 heavy (non-hydrogen) atoms. The third-order valence-electron chi connectivity index (χ3n) is 10.3. The lowest BCUT2D eigenvalue weighted by Crippen LogP contribution is -1.94. The normalized spacial score (nSPS) is 11.8. The van der Waals surface area contributed by atoms with Gasteiger partial charge in [-0.25, -0.2) is 0 Å². The van der Waals surface area contributed by atoms with Crippen molar-refractivity contribution >= 4 is 75.1 Å². The van der Waals surface area contributed by atoms with Crippen LogP contribution < -0.4 is 4.74 Å². The first-order valence-electron chi connectivity index (χ1n) is 17.4. The van der Waals surface area contributed by atoms with E-state index in [0.29, 0.717) is 0 Å². The molecule has 0 spiro atoms. The van der Waals surface area contributed by atoms with Crippen LogP contribution in [0.3, 0.4) is 0 Å². The SMILES string of the molecule is c1ccc(-c2cccc(-n3c4ccccc4c4cc(Oc5ccc6c(c5)c5ccccc5n6-c5ccc6sc7cnccc7c6c5)ccc43)c2)cc1. The number of hydrogen-bond acceptors (Lipinski definition) is 3. The Kier molecular flexibility index (Phi) is 6.39. The van der Waals surface area contributed by atoms with Crippen molar-refractivity contribution in [2.24, 2.45) is 0 Å². The average molecular weight is 684 g/mol. The molecule has 244 valence electrons. The second kappa shape index (κ2) is 11.4. The van der Waals surface area contributed by atoms with Gasteiger partial charge in [0, 0.05) is 60.8 Å². The van der Waals surface area contributed by atoms with Gasteiger partial charge in [0.1, 0.15) is 11.5 Å². The van der Waals surface area contributed by atoms with Gasteiger partial charge in [-0.15, -0.1) is 11.3 Å². The molecule has 0 amide bonds. The van der Waals surface area contributed by atoms with Gasteiger partial charge in [0.2, 0.25) is 0 Å². The Morgan fingerprint density at radius 2 is 1.02 bits per heavy atom. The number of fused-ring (bicyclic) bond motifs is 9. The predicted molar refractivity (Wildman–Crippen MR) is 218 cm³/mol. The van der Waals surface area contributed by atoms with Gasteiger partial charge >= 0.3 is 0 Å². The third-order valence-corrected chi connectivity index (χ3v) is 11.4. The lowest BCUT2D eigenvalue weighted by molar-refractivity contribution is 0.484. The van der Waals surface area contributed by atoms with Crippen LogP contribution in [0.5, 0.6) is 11.5 Å². The molecule has 0 unspecified atom stereocenters. The highest BCUT2D eigenvalue weighted by atomic mass is 32.1. The van der Waals surface area contributed by atoms with E-state index in [1.54, 1.807) is 11.3 Å². The topological polar surface area (TPSA) is 32.0 Å². The number of thiophene rings is 1. The van der Waals surface area contributed by atoms with Gasteiger partial charge in [-0.1, -0.05) is 78.9 Å². The van der Waals surface area contributed by atoms with Crippen molar-refractivity contribution in [2.75, 3.05) is 0 Å². The lowest BCUT2D eigenvalue weighted by atomic mass is 10.1. The maximum Gasteiger partial charge on any atom is 0.128 e. The van der Waals surface area contributed by atoms with Crippen molar-refractivity contribution in [1.29, 1.82) is 0 Å². The molecular weight excluding hydrogens is 655 g/mol. The van der Waals surface area contributed by atoms with Crippen LogP contribution >= 0.6 is 11.3 Å². The van der Waals surface area contributed by atoms with Crippen molar-refractivity contribution in [3.8, 4) is 34.0 Å². The van der Waals surface area contributed by atoms with Crippen molar-refractivity contribution in [1.82, 2.24) is 14.1 Å². The highest BCUT2D eigenvalue weighted by Gasteiger charge is 2.17. The molecule has 5 heteroatoms. The summed E-state index contributed by atoms with van der Waals surface area (Å²) in [5, 5.41) is 7.20. The number of benzene rings is 7. The van der Waals surface area contributed by atoms with Crippen LogP contribution in [-0.2, 0) is 0 Å². The van der Waals surface area contributed by atoms with E-state index < -0.39 is 0 Å². The van der Waals surface area contributed by atoms with Gasteiger partial charge in [0.15, 0.2) is 0 Å². The van der Waals surface area contributed by atoms with Crippen LogP contribution in [0.4, 0.5) is 0 Å². The van der Waals surface area contributed by atoms with Gasteiger partial charge in [-0.2, -0.15) is 0 Å². The number of para-hydroxylation sites is 2. The largest absolute Gasteiger partial charge is 0.457 e. The standard InChI is InChI=1S/C47H29N3OS/c1-2-9-30(10-3-1)31-11-8-12-32(25-31)49-42-15-6-4-13-36(42)39-27-34(18-20-44(39)49)51-35-19-21-45-40(28-35)37-14-5-7-16-43(37)50(45)33-17-22-46-41(26-33)38-23-24-48-29-47(38)52-46/h1-29H. The van der Waals surface area contributed by atoms with Crippen LogP contribution in [0.25, 0.3) is 86.3 Å². The quantitative estimate of drug-likeness (QED) is 0.181. The van der Waals surface area contributed by atoms with Gasteiger partial charge in [0.05, 0.1) is 26.8 Å². The molecule has 0 fully saturated rings. The molecule has 11 aromatic rings. The molecule has 4 nitrogen and oxygen atoms in total. The number of pyridine rings is 1. The number of nitrogens with zero attached hydrogens (tertiary/aromatic N) is 3. The van der Waals surface area contributed by atoms with Crippen LogP contribution in [0.1, 0.15) is 0 Å². The second-order valence-corrected chi connectivity index (χ2v) is 14.3. The highest BCUT2D eigenvalue weighted by Crippen LogP contribution is 2.40. The monoisotopic (exact) mass is 683 g/mol. The van der Waals surface area contributed by atoms with E-state index in [1.807, 2.05) is 12.4 Å². The maximum atomic E-state index is 6.67. The first-order valence-corrected chi connectivity index (χ1v) is 18.3. The summed E-state index contributed by atoms with van der Waals surface area (Å²) in [4.78, 5) is 4.35. The molecule has 0 saturated heterocycles. The summed E-state index contributed by atoms with van der Waals surface area (Å²) in [5.41, 5.74) is 9.29. The first-order chi connectivity index (χ1) is 25.8. The van der Waals surface area contributed by atoms with E-state index in [9.17, 15) is 0 Å². The Labute approximate surface area is 303 Å². The summed E-state index contributed by atoms with van der Waals surface area (Å²) in [6.45, 7) is 0. The lowest BCUT2D eigenvalue weighted by Gasteiger charge is -2.11. The minimum atomic E-state index is 0.806. The van der Waals surface area contributed by atoms with Crippen LogP contribution in [0.15, 0.2) is 176 Å². The molecule has 11 rings (SSSR count). The van der Waals surface area contributed by atoms with Crippen molar-refractivity contribution in [2.45, 2.75) is 0 Å². The number of rotatable bonds is 5. The number of hydrogen-bond donors (Lipinski definition) is 0. The number of ether oxygens (including phenoxy) is 1. The summed E-state index contributed by atoms with van der Waals surface area (Å²) in [6.07, 6.45) is 3.84. The molecule has 0 aliphatic heterocycles. The first kappa shape index (κ1) is 29.1. The van der Waals surface area contributed by atoms with E-state index in [4.69, 9.17) is 4.74 Å². The molecule has 0 atom stereocenters. The smallest absolute Gasteiger partial charge is 0.128 e. The Morgan fingerprint density at radius 1 is 0.404 bits per heavy atom. The van der Waals surface area contributed by atoms with Crippen molar-refractivity contribution < 1.29 is 4.74 Å². The highest BCUT2D eigenvalue weighted by molar-refractivity contribution is 7.25. The predicted octanol–water partition coefficient (Wildman–Crippen LogP) is 13.1. The van der Waals surface area contributed by atoms with Gasteiger partial charge < -0.3 is 13.9 Å². The maximum absolute atomic E-state index is 6.67. The molecule has 4 heterocycles. The molecule has 4 aromatic heterocycles. The van der Waals surface area contributed by atoms with E-state index in [2.05, 4.69) is 178 Å². The third kappa shape index (κ3) is 4.50. The molecule has 0 N–H and O–H groups in total. The van der Waals surface area contributed by atoms with Crippen LogP contribution in [0, 0.1) is 0 Å². The minimum Gasteiger partial charge on any atom is -0.457 e. The van der Waals surface area contributed by atoms with E-state index in [1.165, 1.54) is 53.1 Å². The van der Waals surface area contributed by atoms with Crippen LogP contribution in [-0.4, -0.2) is 14.1 Å². The molecule has 0 bridgehead atoms. The zero-order valence-electron chi connectivity index (χ0n) is 27.9. The Morgan fingerprint density at radius 3 is 1.73 bits per heavy atom. The molecule has 0 radical (unpaired) electrons.